The van der Waals surface area contributed by atoms with Crippen molar-refractivity contribution in [1.82, 2.24) is 10.6 Å². The molecule has 1 unspecified atom stereocenters. The second kappa shape index (κ2) is 7.29. The summed E-state index contributed by atoms with van der Waals surface area (Å²) in [6, 6.07) is 7.60. The van der Waals surface area contributed by atoms with E-state index >= 15 is 0 Å². The lowest BCUT2D eigenvalue weighted by atomic mass is 10.0. The fourth-order valence-electron chi connectivity index (χ4n) is 1.64. The Kier molecular flexibility index (Phi) is 6.02. The van der Waals surface area contributed by atoms with Gasteiger partial charge in [0.05, 0.1) is 13.2 Å². The van der Waals surface area contributed by atoms with Crippen molar-refractivity contribution in [2.45, 2.75) is 52.2 Å². The highest BCUT2D eigenvalue weighted by atomic mass is 16.5. The van der Waals surface area contributed by atoms with E-state index in [4.69, 9.17) is 4.74 Å². The second-order valence-corrected chi connectivity index (χ2v) is 5.68. The maximum absolute atomic E-state index is 12.0. The predicted molar refractivity (Wildman–Crippen MR) is 81.8 cm³/mol. The molecule has 0 aliphatic rings. The number of ether oxygens (including phenoxy) is 1. The maximum Gasteiger partial charge on any atom is 0.237 e. The number of methoxy groups -OCH3 is 1. The van der Waals surface area contributed by atoms with Gasteiger partial charge in [0.15, 0.2) is 0 Å². The van der Waals surface area contributed by atoms with Gasteiger partial charge in [0, 0.05) is 12.1 Å². The van der Waals surface area contributed by atoms with Crippen LogP contribution in [0.1, 0.15) is 39.7 Å². The van der Waals surface area contributed by atoms with Crippen molar-refractivity contribution in [3.63, 3.8) is 0 Å². The van der Waals surface area contributed by atoms with Crippen LogP contribution in [0.4, 0.5) is 0 Å². The molecule has 1 aromatic rings. The summed E-state index contributed by atoms with van der Waals surface area (Å²) in [5.41, 5.74) is 0.966. The minimum Gasteiger partial charge on any atom is -0.497 e. The first-order valence-corrected chi connectivity index (χ1v) is 7.06. The number of nitrogens with one attached hydrogen (secondary N) is 2. The van der Waals surface area contributed by atoms with Gasteiger partial charge < -0.3 is 15.4 Å². The van der Waals surface area contributed by atoms with Gasteiger partial charge in [0.2, 0.25) is 5.91 Å². The van der Waals surface area contributed by atoms with E-state index in [1.54, 1.807) is 7.11 Å². The summed E-state index contributed by atoms with van der Waals surface area (Å²) < 4.78 is 5.12. The number of hydrogen-bond donors (Lipinski definition) is 2. The Morgan fingerprint density at radius 2 is 1.90 bits per heavy atom. The standard InChI is InChI=1S/C16H26N2O2/c1-6-16(3,4)18-15(19)12(2)17-11-13-7-9-14(20-5)10-8-13/h7-10,12,17H,6,11H2,1-5H3,(H,18,19). The summed E-state index contributed by atoms with van der Waals surface area (Å²) in [7, 11) is 1.65. The van der Waals surface area contributed by atoms with E-state index in [2.05, 4.69) is 17.6 Å². The van der Waals surface area contributed by atoms with Crippen molar-refractivity contribution in [1.29, 1.82) is 0 Å². The summed E-state index contributed by atoms with van der Waals surface area (Å²) >= 11 is 0. The molecule has 0 aromatic heterocycles. The molecule has 0 aliphatic carbocycles. The molecular formula is C16H26N2O2. The largest absolute Gasteiger partial charge is 0.497 e. The van der Waals surface area contributed by atoms with E-state index in [1.165, 1.54) is 0 Å². The Labute approximate surface area is 121 Å². The molecule has 20 heavy (non-hydrogen) atoms. The lowest BCUT2D eigenvalue weighted by Gasteiger charge is -2.26. The molecule has 0 spiro atoms. The van der Waals surface area contributed by atoms with E-state index in [0.717, 1.165) is 17.7 Å². The Morgan fingerprint density at radius 3 is 2.40 bits per heavy atom. The summed E-state index contributed by atoms with van der Waals surface area (Å²) in [5, 5.41) is 6.27. The van der Waals surface area contributed by atoms with Gasteiger partial charge in [-0.3, -0.25) is 4.79 Å². The normalized spacial score (nSPS) is 12.8. The average Bonchev–Trinajstić information content (AvgIpc) is 2.44. The van der Waals surface area contributed by atoms with Gasteiger partial charge in [-0.1, -0.05) is 19.1 Å². The number of amides is 1. The molecule has 0 aliphatic heterocycles. The molecule has 1 aromatic carbocycles. The molecule has 0 saturated carbocycles. The van der Waals surface area contributed by atoms with Crippen LogP contribution in [0.15, 0.2) is 24.3 Å². The summed E-state index contributed by atoms with van der Waals surface area (Å²) in [4.78, 5) is 12.0. The number of rotatable bonds is 7. The molecule has 4 nitrogen and oxygen atoms in total. The van der Waals surface area contributed by atoms with E-state index < -0.39 is 0 Å². The molecule has 112 valence electrons. The first kappa shape index (κ1) is 16.5. The number of carbonyl (C=O) groups is 1. The molecule has 1 amide bonds. The van der Waals surface area contributed by atoms with Gasteiger partial charge in [0.25, 0.3) is 0 Å². The zero-order valence-corrected chi connectivity index (χ0v) is 13.1. The highest BCUT2D eigenvalue weighted by molar-refractivity contribution is 5.81. The third-order valence-electron chi connectivity index (χ3n) is 3.51. The van der Waals surface area contributed by atoms with Gasteiger partial charge in [-0.2, -0.15) is 0 Å². The Balaban J connectivity index is 2.45. The van der Waals surface area contributed by atoms with E-state index in [9.17, 15) is 4.79 Å². The second-order valence-electron chi connectivity index (χ2n) is 5.68. The molecular weight excluding hydrogens is 252 g/mol. The first-order valence-electron chi connectivity index (χ1n) is 7.06. The Hall–Kier alpha value is -1.55. The van der Waals surface area contributed by atoms with Crippen LogP contribution in [0.2, 0.25) is 0 Å². The van der Waals surface area contributed by atoms with Crippen LogP contribution in [-0.4, -0.2) is 24.6 Å². The SMILES string of the molecule is CCC(C)(C)NC(=O)C(C)NCc1ccc(OC)cc1. The number of carbonyl (C=O) groups excluding carboxylic acids is 1. The smallest absolute Gasteiger partial charge is 0.237 e. The monoisotopic (exact) mass is 278 g/mol. The van der Waals surface area contributed by atoms with E-state index in [1.807, 2.05) is 45.0 Å². The van der Waals surface area contributed by atoms with Gasteiger partial charge in [0.1, 0.15) is 5.75 Å². The fraction of sp³-hybridized carbons (Fsp3) is 0.562. The summed E-state index contributed by atoms with van der Waals surface area (Å²) in [6.45, 7) is 8.66. The number of hydrogen-bond acceptors (Lipinski definition) is 3. The van der Waals surface area contributed by atoms with E-state index in [0.29, 0.717) is 6.54 Å². The van der Waals surface area contributed by atoms with Crippen LogP contribution in [0.25, 0.3) is 0 Å². The quantitative estimate of drug-likeness (QED) is 0.805. The van der Waals surface area contributed by atoms with Crippen LogP contribution in [0.3, 0.4) is 0 Å². The Morgan fingerprint density at radius 1 is 1.30 bits per heavy atom. The average molecular weight is 278 g/mol. The van der Waals surface area contributed by atoms with Crippen molar-refractivity contribution in [2.75, 3.05) is 7.11 Å². The third-order valence-corrected chi connectivity index (χ3v) is 3.51. The molecule has 4 heteroatoms. The third kappa shape index (κ3) is 5.21. The van der Waals surface area contributed by atoms with E-state index in [-0.39, 0.29) is 17.5 Å². The van der Waals surface area contributed by atoms with Crippen LogP contribution < -0.4 is 15.4 Å². The van der Waals surface area contributed by atoms with Gasteiger partial charge in [-0.15, -0.1) is 0 Å². The van der Waals surface area contributed by atoms with Crippen LogP contribution in [-0.2, 0) is 11.3 Å². The van der Waals surface area contributed by atoms with Gasteiger partial charge >= 0.3 is 0 Å². The molecule has 2 N–H and O–H groups in total. The Bertz CT molecular complexity index is 427. The van der Waals surface area contributed by atoms with Crippen molar-refractivity contribution in [2.24, 2.45) is 0 Å². The lowest BCUT2D eigenvalue weighted by molar-refractivity contribution is -0.124. The topological polar surface area (TPSA) is 50.4 Å². The van der Waals surface area contributed by atoms with Gasteiger partial charge in [-0.25, -0.2) is 0 Å². The fourth-order valence-corrected chi connectivity index (χ4v) is 1.64. The minimum absolute atomic E-state index is 0.0327. The zero-order chi connectivity index (χ0) is 15.2. The lowest BCUT2D eigenvalue weighted by Crippen LogP contribution is -2.50. The molecule has 0 fully saturated rings. The van der Waals surface area contributed by atoms with Crippen LogP contribution in [0.5, 0.6) is 5.75 Å². The van der Waals surface area contributed by atoms with Crippen molar-refractivity contribution in [3.8, 4) is 5.75 Å². The van der Waals surface area contributed by atoms with Crippen LogP contribution in [0, 0.1) is 0 Å². The predicted octanol–water partition coefficient (Wildman–Crippen LogP) is 2.48. The molecule has 0 saturated heterocycles. The van der Waals surface area contributed by atoms with Crippen molar-refractivity contribution in [3.05, 3.63) is 29.8 Å². The highest BCUT2D eigenvalue weighted by Crippen LogP contribution is 2.11. The van der Waals surface area contributed by atoms with Crippen molar-refractivity contribution >= 4 is 5.91 Å². The highest BCUT2D eigenvalue weighted by Gasteiger charge is 2.21. The zero-order valence-electron chi connectivity index (χ0n) is 13.1. The molecule has 1 atom stereocenters. The number of benzene rings is 1. The molecule has 1 rings (SSSR count). The molecule has 0 radical (unpaired) electrons. The maximum atomic E-state index is 12.0. The minimum atomic E-state index is -0.220. The summed E-state index contributed by atoms with van der Waals surface area (Å²) in [6.07, 6.45) is 0.907. The molecule has 0 heterocycles. The first-order chi connectivity index (χ1) is 9.38. The summed E-state index contributed by atoms with van der Waals surface area (Å²) in [5.74, 6) is 0.870. The van der Waals surface area contributed by atoms with Gasteiger partial charge in [-0.05, 0) is 44.9 Å². The van der Waals surface area contributed by atoms with Crippen LogP contribution >= 0.6 is 0 Å². The molecule has 0 bridgehead atoms. The van der Waals surface area contributed by atoms with Crippen molar-refractivity contribution < 1.29 is 9.53 Å².